The first-order chi connectivity index (χ1) is 14.3. The number of hydrogen-bond acceptors (Lipinski definition) is 7. The fraction of sp³-hybridized carbons (Fsp3) is 0.389. The average molecular weight is 433 g/mol. The lowest BCUT2D eigenvalue weighted by molar-refractivity contribution is -0.0316. The Morgan fingerprint density at radius 1 is 1.30 bits per heavy atom. The molecule has 3 aliphatic heterocycles. The molecule has 4 heterocycles. The second-order valence-electron chi connectivity index (χ2n) is 7.49. The third-order valence-electron chi connectivity index (χ3n) is 5.58. The van der Waals surface area contributed by atoms with E-state index in [-0.39, 0.29) is 12.6 Å². The van der Waals surface area contributed by atoms with E-state index < -0.39 is 28.5 Å². The molecule has 0 saturated carbocycles. The molecule has 1 aromatic heterocycles. The second-order valence-corrected chi connectivity index (χ2v) is 8.50. The fourth-order valence-electron chi connectivity index (χ4n) is 4.36. The monoisotopic (exact) mass is 433 g/mol. The highest BCUT2D eigenvalue weighted by atomic mass is 32.3. The van der Waals surface area contributed by atoms with E-state index in [0.29, 0.717) is 34.9 Å². The van der Waals surface area contributed by atoms with Gasteiger partial charge in [0.05, 0.1) is 24.1 Å². The van der Waals surface area contributed by atoms with Gasteiger partial charge in [-0.15, -0.1) is 4.28 Å². The van der Waals surface area contributed by atoms with Crippen LogP contribution >= 0.6 is 0 Å². The van der Waals surface area contributed by atoms with Crippen LogP contribution in [0.5, 0.6) is 0 Å². The van der Waals surface area contributed by atoms with Crippen molar-refractivity contribution in [1.82, 2.24) is 19.7 Å². The second kappa shape index (κ2) is 6.79. The van der Waals surface area contributed by atoms with Crippen LogP contribution < -0.4 is 0 Å². The largest absolute Gasteiger partial charge is 0.418 e. The van der Waals surface area contributed by atoms with Crippen LogP contribution in [0.15, 0.2) is 41.7 Å². The minimum absolute atomic E-state index is 0.167. The lowest BCUT2D eigenvalue weighted by Crippen LogP contribution is -2.39. The molecule has 30 heavy (non-hydrogen) atoms. The summed E-state index contributed by atoms with van der Waals surface area (Å²) >= 11 is 0. The summed E-state index contributed by atoms with van der Waals surface area (Å²) in [6, 6.07) is 7.95. The van der Waals surface area contributed by atoms with Crippen molar-refractivity contribution in [3.8, 4) is 0 Å². The number of nitrogens with zero attached hydrogens (tertiary/aromatic N) is 5. The highest BCUT2D eigenvalue weighted by Crippen LogP contribution is 2.45. The Labute approximate surface area is 172 Å². The number of rotatable bonds is 5. The van der Waals surface area contributed by atoms with Crippen LogP contribution in [0.4, 0.5) is 4.79 Å². The van der Waals surface area contributed by atoms with Gasteiger partial charge in [-0.05, 0) is 5.56 Å². The zero-order valence-electron chi connectivity index (χ0n) is 16.0. The number of amides is 2. The van der Waals surface area contributed by atoms with Gasteiger partial charge in [0, 0.05) is 25.5 Å². The molecule has 1 N–H and O–H groups in total. The van der Waals surface area contributed by atoms with Crippen LogP contribution in [0.3, 0.4) is 0 Å². The number of carbonyl (C=O) groups is 1. The molecule has 1 unspecified atom stereocenters. The first-order valence-corrected chi connectivity index (χ1v) is 10.7. The molecule has 11 nitrogen and oxygen atoms in total. The van der Waals surface area contributed by atoms with Crippen molar-refractivity contribution >= 4 is 22.1 Å². The molecule has 1 aromatic carbocycles. The number of hydrogen-bond donors (Lipinski definition) is 1. The van der Waals surface area contributed by atoms with E-state index in [1.54, 1.807) is 17.9 Å². The fourth-order valence-corrected chi connectivity index (χ4v) is 4.73. The molecular weight excluding hydrogens is 414 g/mol. The quantitative estimate of drug-likeness (QED) is 0.706. The van der Waals surface area contributed by atoms with Gasteiger partial charge in [0.2, 0.25) is 0 Å². The van der Waals surface area contributed by atoms with E-state index in [1.807, 2.05) is 30.3 Å². The maximum atomic E-state index is 12.9. The van der Waals surface area contributed by atoms with E-state index in [2.05, 4.69) is 14.5 Å². The van der Waals surface area contributed by atoms with E-state index >= 15 is 0 Å². The lowest BCUT2D eigenvalue weighted by atomic mass is 9.92. The first kappa shape index (κ1) is 19.0. The topological polar surface area (TPSA) is 127 Å². The molecule has 1 fully saturated rings. The van der Waals surface area contributed by atoms with Crippen LogP contribution in [-0.4, -0.2) is 57.1 Å². The van der Waals surface area contributed by atoms with Crippen LogP contribution in [0.2, 0.25) is 0 Å². The van der Waals surface area contributed by atoms with Gasteiger partial charge >= 0.3 is 16.4 Å². The van der Waals surface area contributed by atoms with Crippen molar-refractivity contribution < 1.29 is 26.9 Å². The van der Waals surface area contributed by atoms with Crippen LogP contribution in [0, 0.1) is 0 Å². The number of urea groups is 1. The Balaban J connectivity index is 1.44. The minimum Gasteiger partial charge on any atom is -0.392 e. The lowest BCUT2D eigenvalue weighted by Gasteiger charge is -2.30. The first-order valence-electron chi connectivity index (χ1n) is 9.37. The van der Waals surface area contributed by atoms with Gasteiger partial charge < -0.3 is 9.74 Å². The predicted octanol–water partition coefficient (Wildman–Crippen LogP) is 1.38. The number of aryl methyl sites for hydroxylation is 1. The molecule has 3 atom stereocenters. The zero-order chi connectivity index (χ0) is 21.0. The molecule has 0 aliphatic carbocycles. The zero-order valence-corrected chi connectivity index (χ0v) is 16.8. The SMILES string of the molecule is Cn1ncc2c1[C@@H](C1=NOC(Cc3ccccc3)C1)N1C[C@@H]2N(OS(=O)(=O)O)C1=O. The molecule has 2 amide bonds. The number of carbonyl (C=O) groups excluding carboxylic acids is 1. The number of hydroxylamine groups is 2. The molecule has 158 valence electrons. The number of fused-ring (bicyclic) bond motifs is 4. The molecular formula is C18H19N5O6S. The third-order valence-corrected chi connectivity index (χ3v) is 5.93. The average Bonchev–Trinajstić information content (AvgIpc) is 3.38. The Morgan fingerprint density at radius 3 is 2.80 bits per heavy atom. The molecule has 0 spiro atoms. The van der Waals surface area contributed by atoms with Gasteiger partial charge in [-0.2, -0.15) is 18.6 Å². The number of oxime groups is 1. The number of aromatic nitrogens is 2. The van der Waals surface area contributed by atoms with Gasteiger partial charge in [0.25, 0.3) is 0 Å². The van der Waals surface area contributed by atoms with E-state index in [1.165, 1.54) is 4.90 Å². The summed E-state index contributed by atoms with van der Waals surface area (Å²) in [7, 11) is -3.11. The summed E-state index contributed by atoms with van der Waals surface area (Å²) in [6.07, 6.45) is 2.59. The van der Waals surface area contributed by atoms with Crippen LogP contribution in [-0.2, 0) is 33.0 Å². The third kappa shape index (κ3) is 3.13. The summed E-state index contributed by atoms with van der Waals surface area (Å²) in [6.45, 7) is 0.181. The van der Waals surface area contributed by atoms with Crippen molar-refractivity contribution in [3.05, 3.63) is 53.3 Å². The van der Waals surface area contributed by atoms with Crippen molar-refractivity contribution in [2.45, 2.75) is 31.0 Å². The molecule has 5 rings (SSSR count). The van der Waals surface area contributed by atoms with E-state index in [4.69, 9.17) is 9.39 Å². The van der Waals surface area contributed by atoms with E-state index in [9.17, 15) is 13.2 Å². The molecule has 0 radical (unpaired) electrons. The minimum atomic E-state index is -4.86. The summed E-state index contributed by atoms with van der Waals surface area (Å²) in [5, 5.41) is 9.21. The van der Waals surface area contributed by atoms with Crippen LogP contribution in [0.1, 0.15) is 35.3 Å². The Bertz CT molecular complexity index is 1130. The van der Waals surface area contributed by atoms with Crippen molar-refractivity contribution in [2.24, 2.45) is 12.2 Å². The highest BCUT2D eigenvalue weighted by molar-refractivity contribution is 7.80. The standard InChI is InChI=1S/C18H19N5O6S/c1-21-16-13(9-19-21)15-10-22(18(24)23(15)29-30(25,26)27)17(16)14-8-12(28-20-14)7-11-5-3-2-4-6-11/h2-6,9,12,15,17H,7-8,10H2,1H3,(H,25,26,27)/t12?,15-,17+/m0/s1. The Kier molecular flexibility index (Phi) is 4.31. The predicted molar refractivity (Wildman–Crippen MR) is 102 cm³/mol. The molecule has 3 aliphatic rings. The number of benzene rings is 1. The van der Waals surface area contributed by atoms with Crippen molar-refractivity contribution in [2.75, 3.05) is 6.54 Å². The molecule has 12 heteroatoms. The van der Waals surface area contributed by atoms with Crippen LogP contribution in [0.25, 0.3) is 0 Å². The Morgan fingerprint density at radius 2 is 2.07 bits per heavy atom. The van der Waals surface area contributed by atoms with Crippen molar-refractivity contribution in [1.29, 1.82) is 0 Å². The molecule has 1 saturated heterocycles. The van der Waals surface area contributed by atoms with Gasteiger partial charge in [-0.3, -0.25) is 9.23 Å². The summed E-state index contributed by atoms with van der Waals surface area (Å²) < 4.78 is 37.8. The van der Waals surface area contributed by atoms with Crippen molar-refractivity contribution in [3.63, 3.8) is 0 Å². The summed E-state index contributed by atoms with van der Waals surface area (Å²) in [4.78, 5) is 20.0. The van der Waals surface area contributed by atoms with Gasteiger partial charge in [-0.25, -0.2) is 4.79 Å². The normalized spacial score (nSPS) is 25.3. The van der Waals surface area contributed by atoms with Gasteiger partial charge in [0.15, 0.2) is 0 Å². The maximum Gasteiger partial charge on any atom is 0.418 e. The molecule has 2 bridgehead atoms. The van der Waals surface area contributed by atoms with E-state index in [0.717, 1.165) is 5.56 Å². The van der Waals surface area contributed by atoms with Gasteiger partial charge in [-0.1, -0.05) is 35.5 Å². The Hall–Kier alpha value is -2.96. The summed E-state index contributed by atoms with van der Waals surface area (Å²) in [5.74, 6) is 0. The summed E-state index contributed by atoms with van der Waals surface area (Å²) in [5.41, 5.74) is 3.13. The van der Waals surface area contributed by atoms with Gasteiger partial charge in [0.1, 0.15) is 18.2 Å². The highest BCUT2D eigenvalue weighted by Gasteiger charge is 2.53. The smallest absolute Gasteiger partial charge is 0.392 e. The molecule has 2 aromatic rings. The maximum absolute atomic E-state index is 12.9.